The number of methoxy groups -OCH3 is 1. The molecule has 140 valence electrons. The molecule has 2 aromatic carbocycles. The number of hydrogen-bond acceptors (Lipinski definition) is 5. The maximum atomic E-state index is 5.98. The molecule has 0 saturated carbocycles. The molecule has 0 aliphatic rings. The molecule has 0 bridgehead atoms. The molecule has 1 aromatic heterocycles. The van der Waals surface area contributed by atoms with E-state index >= 15 is 0 Å². The Labute approximate surface area is 165 Å². The summed E-state index contributed by atoms with van der Waals surface area (Å²) in [6, 6.07) is 17.9. The molecule has 3 rings (SSSR count). The second-order valence-corrected chi connectivity index (χ2v) is 7.57. The van der Waals surface area contributed by atoms with E-state index in [2.05, 4.69) is 50.0 Å². The van der Waals surface area contributed by atoms with E-state index in [1.807, 2.05) is 30.3 Å². The van der Waals surface area contributed by atoms with Gasteiger partial charge in [0, 0.05) is 17.9 Å². The highest BCUT2D eigenvalue weighted by atomic mass is 32.2. The van der Waals surface area contributed by atoms with Crippen LogP contribution in [-0.2, 0) is 5.75 Å². The molecular formula is C22H24N2O2S. The first kappa shape index (κ1) is 19.2. The molecule has 1 heterocycles. The molecule has 4 nitrogen and oxygen atoms in total. The molecule has 0 N–H and O–H groups in total. The summed E-state index contributed by atoms with van der Waals surface area (Å²) in [4.78, 5) is 9.29. The van der Waals surface area contributed by atoms with Gasteiger partial charge in [-0.05, 0) is 30.5 Å². The predicted molar refractivity (Wildman–Crippen MR) is 110 cm³/mol. The molecule has 0 aliphatic heterocycles. The minimum absolute atomic E-state index is 0.291. The Morgan fingerprint density at radius 3 is 2.48 bits per heavy atom. The molecule has 0 radical (unpaired) electrons. The first-order valence-electron chi connectivity index (χ1n) is 8.92. The highest BCUT2D eigenvalue weighted by Crippen LogP contribution is 2.29. The second-order valence-electron chi connectivity index (χ2n) is 6.63. The van der Waals surface area contributed by atoms with Gasteiger partial charge in [-0.2, -0.15) is 4.98 Å². The zero-order valence-corrected chi connectivity index (χ0v) is 16.9. The molecule has 0 unspecified atom stereocenters. The van der Waals surface area contributed by atoms with Crippen LogP contribution in [0.1, 0.15) is 36.6 Å². The normalized spacial score (nSPS) is 10.9. The Morgan fingerprint density at radius 1 is 0.963 bits per heavy atom. The highest BCUT2D eigenvalue weighted by molar-refractivity contribution is 7.98. The van der Waals surface area contributed by atoms with E-state index in [1.165, 1.54) is 11.1 Å². The third-order valence-corrected chi connectivity index (χ3v) is 4.93. The lowest BCUT2D eigenvalue weighted by Crippen LogP contribution is -2.00. The van der Waals surface area contributed by atoms with Gasteiger partial charge in [0.1, 0.15) is 11.5 Å². The highest BCUT2D eigenvalue weighted by Gasteiger charge is 2.11. The van der Waals surface area contributed by atoms with Gasteiger partial charge in [-0.3, -0.25) is 0 Å². The van der Waals surface area contributed by atoms with Gasteiger partial charge in [-0.1, -0.05) is 61.5 Å². The van der Waals surface area contributed by atoms with E-state index in [0.29, 0.717) is 17.5 Å². The summed E-state index contributed by atoms with van der Waals surface area (Å²) in [7, 11) is 1.64. The van der Waals surface area contributed by atoms with E-state index in [1.54, 1.807) is 18.9 Å². The van der Waals surface area contributed by atoms with E-state index < -0.39 is 0 Å². The Bertz CT molecular complexity index is 912. The van der Waals surface area contributed by atoms with Gasteiger partial charge in [0.05, 0.1) is 12.8 Å². The Morgan fingerprint density at radius 2 is 1.74 bits per heavy atom. The lowest BCUT2D eigenvalue weighted by molar-refractivity contribution is 0.406. The van der Waals surface area contributed by atoms with Crippen LogP contribution in [0.5, 0.6) is 17.4 Å². The summed E-state index contributed by atoms with van der Waals surface area (Å²) in [6.07, 6.45) is 0. The van der Waals surface area contributed by atoms with Gasteiger partial charge in [0.2, 0.25) is 5.88 Å². The molecule has 0 fully saturated rings. The fraction of sp³-hybridized carbons (Fsp3) is 0.273. The average Bonchev–Trinajstić information content (AvgIpc) is 2.66. The lowest BCUT2D eigenvalue weighted by atomic mass is 10.1. The summed E-state index contributed by atoms with van der Waals surface area (Å²) in [5.41, 5.74) is 3.48. The quantitative estimate of drug-likeness (QED) is 0.371. The van der Waals surface area contributed by atoms with Crippen LogP contribution in [0.2, 0.25) is 0 Å². The third-order valence-electron chi connectivity index (χ3n) is 4.01. The van der Waals surface area contributed by atoms with Crippen LogP contribution in [0.25, 0.3) is 0 Å². The van der Waals surface area contributed by atoms with Gasteiger partial charge < -0.3 is 9.47 Å². The van der Waals surface area contributed by atoms with Gasteiger partial charge in [-0.25, -0.2) is 4.98 Å². The van der Waals surface area contributed by atoms with Crippen LogP contribution in [0.15, 0.2) is 59.8 Å². The fourth-order valence-corrected chi connectivity index (χ4v) is 3.37. The van der Waals surface area contributed by atoms with Gasteiger partial charge >= 0.3 is 0 Å². The zero-order chi connectivity index (χ0) is 19.2. The third kappa shape index (κ3) is 5.47. The number of aryl methyl sites for hydroxylation is 1. The molecule has 3 aromatic rings. The number of rotatable bonds is 7. The summed E-state index contributed by atoms with van der Waals surface area (Å²) >= 11 is 1.62. The Balaban J connectivity index is 1.81. The monoisotopic (exact) mass is 380 g/mol. The van der Waals surface area contributed by atoms with Crippen LogP contribution in [0.3, 0.4) is 0 Å². The summed E-state index contributed by atoms with van der Waals surface area (Å²) in [5.74, 6) is 3.10. The molecule has 0 aliphatic carbocycles. The number of aromatic nitrogens is 2. The van der Waals surface area contributed by atoms with Crippen molar-refractivity contribution in [1.82, 2.24) is 9.97 Å². The number of thioether (sulfide) groups is 1. The molecule has 5 heteroatoms. The van der Waals surface area contributed by atoms with Crippen LogP contribution < -0.4 is 9.47 Å². The van der Waals surface area contributed by atoms with Gasteiger partial charge in [-0.15, -0.1) is 0 Å². The standard InChI is InChI=1S/C22H24N2O2S/c1-15(2)20-13-21(26-19-10-6-9-18(12-19)25-4)24-22(23-20)27-14-17-8-5-7-16(3)11-17/h5-13,15H,14H2,1-4H3. The first-order valence-corrected chi connectivity index (χ1v) is 9.91. The predicted octanol–water partition coefficient (Wildman–Crippen LogP) is 6.00. The van der Waals surface area contributed by atoms with Gasteiger partial charge in [0.25, 0.3) is 0 Å². The fourth-order valence-electron chi connectivity index (χ4n) is 2.57. The van der Waals surface area contributed by atoms with Crippen LogP contribution in [0.4, 0.5) is 0 Å². The Hall–Kier alpha value is -2.53. The van der Waals surface area contributed by atoms with Gasteiger partial charge in [0.15, 0.2) is 5.16 Å². The van der Waals surface area contributed by atoms with Crippen molar-refractivity contribution >= 4 is 11.8 Å². The van der Waals surface area contributed by atoms with Crippen molar-refractivity contribution in [1.29, 1.82) is 0 Å². The minimum atomic E-state index is 0.291. The number of benzene rings is 2. The molecule has 0 saturated heterocycles. The first-order chi connectivity index (χ1) is 13.0. The largest absolute Gasteiger partial charge is 0.497 e. The van der Waals surface area contributed by atoms with Crippen LogP contribution >= 0.6 is 11.8 Å². The van der Waals surface area contributed by atoms with Crippen molar-refractivity contribution in [3.05, 3.63) is 71.4 Å². The maximum Gasteiger partial charge on any atom is 0.223 e. The SMILES string of the molecule is COc1cccc(Oc2cc(C(C)C)nc(SCc3cccc(C)c3)n2)c1. The van der Waals surface area contributed by atoms with E-state index in [0.717, 1.165) is 22.4 Å². The minimum Gasteiger partial charge on any atom is -0.497 e. The van der Waals surface area contributed by atoms with Crippen molar-refractivity contribution in [3.63, 3.8) is 0 Å². The van der Waals surface area contributed by atoms with Crippen molar-refractivity contribution < 1.29 is 9.47 Å². The topological polar surface area (TPSA) is 44.2 Å². The van der Waals surface area contributed by atoms with E-state index in [9.17, 15) is 0 Å². The molecular weight excluding hydrogens is 356 g/mol. The second kappa shape index (κ2) is 8.91. The smallest absolute Gasteiger partial charge is 0.223 e. The molecule has 0 atom stereocenters. The van der Waals surface area contributed by atoms with Crippen LogP contribution in [-0.4, -0.2) is 17.1 Å². The number of nitrogens with zero attached hydrogens (tertiary/aromatic N) is 2. The Kier molecular flexibility index (Phi) is 6.35. The number of ether oxygens (including phenoxy) is 2. The van der Waals surface area contributed by atoms with E-state index in [-0.39, 0.29) is 0 Å². The summed E-state index contributed by atoms with van der Waals surface area (Å²) in [5, 5.41) is 0.723. The van der Waals surface area contributed by atoms with Crippen molar-refractivity contribution in [3.8, 4) is 17.4 Å². The van der Waals surface area contributed by atoms with E-state index in [4.69, 9.17) is 14.5 Å². The zero-order valence-electron chi connectivity index (χ0n) is 16.1. The molecule has 27 heavy (non-hydrogen) atoms. The van der Waals surface area contributed by atoms with Crippen molar-refractivity contribution in [2.45, 2.75) is 37.6 Å². The summed E-state index contributed by atoms with van der Waals surface area (Å²) < 4.78 is 11.2. The lowest BCUT2D eigenvalue weighted by Gasteiger charge is -2.11. The maximum absolute atomic E-state index is 5.98. The average molecular weight is 381 g/mol. The van der Waals surface area contributed by atoms with Crippen LogP contribution in [0, 0.1) is 6.92 Å². The van der Waals surface area contributed by atoms with Crippen molar-refractivity contribution in [2.75, 3.05) is 7.11 Å². The molecule has 0 amide bonds. The summed E-state index contributed by atoms with van der Waals surface area (Å²) in [6.45, 7) is 6.34. The number of hydrogen-bond donors (Lipinski definition) is 0. The molecule has 0 spiro atoms. The van der Waals surface area contributed by atoms with Crippen molar-refractivity contribution in [2.24, 2.45) is 0 Å².